The Labute approximate surface area is 129 Å². The Morgan fingerprint density at radius 1 is 1.23 bits per heavy atom. The standard InChI is InChI=1S/C14H9ClN4O3/c15-10-6-11(19-14(16)18-10)22-8-1-2-9-7(5-8)3-4-17-12(9)13(20)21/h1-6H,(H,20,21)(H2,16,18,19). The van der Waals surface area contributed by atoms with Gasteiger partial charge in [0.15, 0.2) is 5.69 Å². The third-order valence-corrected chi connectivity index (χ3v) is 3.04. The summed E-state index contributed by atoms with van der Waals surface area (Å²) in [5.41, 5.74) is 5.48. The normalized spacial score (nSPS) is 10.6. The lowest BCUT2D eigenvalue weighted by Gasteiger charge is -2.07. The highest BCUT2D eigenvalue weighted by Gasteiger charge is 2.11. The first-order chi connectivity index (χ1) is 10.5. The van der Waals surface area contributed by atoms with Crippen LogP contribution in [0.5, 0.6) is 11.6 Å². The number of anilines is 1. The third kappa shape index (κ3) is 2.75. The van der Waals surface area contributed by atoms with Crippen LogP contribution in [-0.4, -0.2) is 26.0 Å². The zero-order valence-electron chi connectivity index (χ0n) is 11.0. The molecule has 7 nitrogen and oxygen atoms in total. The monoisotopic (exact) mass is 316 g/mol. The molecule has 0 saturated heterocycles. The number of hydrogen-bond donors (Lipinski definition) is 2. The Hall–Kier alpha value is -2.93. The summed E-state index contributed by atoms with van der Waals surface area (Å²) in [6, 6.07) is 8.03. The van der Waals surface area contributed by atoms with E-state index in [0.717, 1.165) is 0 Å². The topological polar surface area (TPSA) is 111 Å². The molecule has 0 aliphatic carbocycles. The summed E-state index contributed by atoms with van der Waals surface area (Å²) in [6.07, 6.45) is 1.43. The highest BCUT2D eigenvalue weighted by atomic mass is 35.5. The maximum atomic E-state index is 11.1. The van der Waals surface area contributed by atoms with Crippen LogP contribution in [0.25, 0.3) is 10.8 Å². The van der Waals surface area contributed by atoms with E-state index >= 15 is 0 Å². The molecular weight excluding hydrogens is 308 g/mol. The number of carboxylic acid groups (broad SMARTS) is 1. The number of aromatic carboxylic acids is 1. The number of rotatable bonds is 3. The van der Waals surface area contributed by atoms with Crippen molar-refractivity contribution < 1.29 is 14.6 Å². The fourth-order valence-corrected chi connectivity index (χ4v) is 2.16. The van der Waals surface area contributed by atoms with E-state index in [9.17, 15) is 4.79 Å². The second-order valence-corrected chi connectivity index (χ2v) is 4.72. The van der Waals surface area contributed by atoms with Gasteiger partial charge in [-0.2, -0.15) is 4.98 Å². The molecule has 0 saturated carbocycles. The molecule has 0 aliphatic rings. The number of carbonyl (C=O) groups is 1. The molecule has 3 rings (SSSR count). The van der Waals surface area contributed by atoms with Crippen LogP contribution in [-0.2, 0) is 0 Å². The van der Waals surface area contributed by atoms with E-state index in [2.05, 4.69) is 15.0 Å². The minimum absolute atomic E-state index is 0.000604. The van der Waals surface area contributed by atoms with Crippen molar-refractivity contribution in [3.05, 3.63) is 47.4 Å². The van der Waals surface area contributed by atoms with E-state index in [4.69, 9.17) is 27.2 Å². The minimum atomic E-state index is -1.09. The average molecular weight is 317 g/mol. The number of carboxylic acids is 1. The van der Waals surface area contributed by atoms with Crippen LogP contribution < -0.4 is 10.5 Å². The maximum Gasteiger partial charge on any atom is 0.355 e. The molecule has 0 amide bonds. The lowest BCUT2D eigenvalue weighted by Crippen LogP contribution is -2.01. The Balaban J connectivity index is 2.00. The fourth-order valence-electron chi connectivity index (χ4n) is 1.98. The minimum Gasteiger partial charge on any atom is -0.476 e. The predicted octanol–water partition coefficient (Wildman–Crippen LogP) is 2.75. The molecule has 0 atom stereocenters. The SMILES string of the molecule is Nc1nc(Cl)cc(Oc2ccc3c(C(=O)O)nccc3c2)n1. The lowest BCUT2D eigenvalue weighted by molar-refractivity contribution is 0.0693. The van der Waals surface area contributed by atoms with Crippen molar-refractivity contribution in [3.63, 3.8) is 0 Å². The second kappa shape index (κ2) is 5.45. The van der Waals surface area contributed by atoms with Gasteiger partial charge in [-0.1, -0.05) is 11.6 Å². The summed E-state index contributed by atoms with van der Waals surface area (Å²) in [4.78, 5) is 22.6. The van der Waals surface area contributed by atoms with E-state index in [-0.39, 0.29) is 22.7 Å². The summed E-state index contributed by atoms with van der Waals surface area (Å²) in [5.74, 6) is -0.427. The highest BCUT2D eigenvalue weighted by Crippen LogP contribution is 2.27. The van der Waals surface area contributed by atoms with Crippen LogP contribution in [0.4, 0.5) is 5.95 Å². The molecule has 3 N–H and O–H groups in total. The Morgan fingerprint density at radius 3 is 2.77 bits per heavy atom. The third-order valence-electron chi connectivity index (χ3n) is 2.85. The van der Waals surface area contributed by atoms with Gasteiger partial charge in [0, 0.05) is 17.6 Å². The maximum absolute atomic E-state index is 11.1. The second-order valence-electron chi connectivity index (χ2n) is 4.34. The number of aromatic nitrogens is 3. The van der Waals surface area contributed by atoms with Gasteiger partial charge < -0.3 is 15.6 Å². The number of nitrogens with two attached hydrogens (primary N) is 1. The van der Waals surface area contributed by atoms with Crippen molar-refractivity contribution in [2.75, 3.05) is 5.73 Å². The van der Waals surface area contributed by atoms with Crippen LogP contribution >= 0.6 is 11.6 Å². The largest absolute Gasteiger partial charge is 0.476 e. The molecule has 0 bridgehead atoms. The first kappa shape index (κ1) is 14.0. The van der Waals surface area contributed by atoms with Gasteiger partial charge in [0.25, 0.3) is 0 Å². The zero-order valence-corrected chi connectivity index (χ0v) is 11.8. The molecule has 8 heteroatoms. The number of benzene rings is 1. The van der Waals surface area contributed by atoms with Crippen molar-refractivity contribution in [2.45, 2.75) is 0 Å². The van der Waals surface area contributed by atoms with E-state index in [1.165, 1.54) is 12.3 Å². The van der Waals surface area contributed by atoms with Crippen molar-refractivity contribution in [3.8, 4) is 11.6 Å². The molecule has 1 aromatic carbocycles. The van der Waals surface area contributed by atoms with Gasteiger partial charge in [-0.25, -0.2) is 14.8 Å². The summed E-state index contributed by atoms with van der Waals surface area (Å²) in [7, 11) is 0. The van der Waals surface area contributed by atoms with Crippen molar-refractivity contribution >= 4 is 34.3 Å². The Morgan fingerprint density at radius 2 is 2.05 bits per heavy atom. The summed E-state index contributed by atoms with van der Waals surface area (Å²) >= 11 is 5.78. The molecular formula is C14H9ClN4O3. The van der Waals surface area contributed by atoms with E-state index in [1.807, 2.05) is 0 Å². The summed E-state index contributed by atoms with van der Waals surface area (Å²) in [5, 5.41) is 10.5. The molecule has 110 valence electrons. The van der Waals surface area contributed by atoms with Crippen LogP contribution in [0, 0.1) is 0 Å². The van der Waals surface area contributed by atoms with Gasteiger partial charge in [-0.05, 0) is 29.7 Å². The predicted molar refractivity (Wildman–Crippen MR) is 80.2 cm³/mol. The number of hydrogen-bond acceptors (Lipinski definition) is 6. The Kier molecular flexibility index (Phi) is 3.48. The number of halogens is 1. The molecule has 22 heavy (non-hydrogen) atoms. The van der Waals surface area contributed by atoms with Crippen LogP contribution in [0.15, 0.2) is 36.5 Å². The van der Waals surface area contributed by atoms with Gasteiger partial charge >= 0.3 is 5.97 Å². The number of fused-ring (bicyclic) bond motifs is 1. The molecule has 0 radical (unpaired) electrons. The highest BCUT2D eigenvalue weighted by molar-refractivity contribution is 6.29. The van der Waals surface area contributed by atoms with Crippen molar-refractivity contribution in [1.82, 2.24) is 15.0 Å². The van der Waals surface area contributed by atoms with Gasteiger partial charge in [-0.3, -0.25) is 0 Å². The fraction of sp³-hybridized carbons (Fsp3) is 0. The zero-order chi connectivity index (χ0) is 15.7. The Bertz CT molecular complexity index is 865. The summed E-state index contributed by atoms with van der Waals surface area (Å²) in [6.45, 7) is 0. The average Bonchev–Trinajstić information content (AvgIpc) is 2.45. The smallest absolute Gasteiger partial charge is 0.355 e. The van der Waals surface area contributed by atoms with Gasteiger partial charge in [-0.15, -0.1) is 0 Å². The first-order valence-electron chi connectivity index (χ1n) is 6.13. The quantitative estimate of drug-likeness (QED) is 0.714. The van der Waals surface area contributed by atoms with Gasteiger partial charge in [0.1, 0.15) is 10.9 Å². The van der Waals surface area contributed by atoms with Crippen molar-refractivity contribution in [2.24, 2.45) is 0 Å². The van der Waals surface area contributed by atoms with Crippen LogP contribution in [0.2, 0.25) is 5.15 Å². The first-order valence-corrected chi connectivity index (χ1v) is 6.51. The van der Waals surface area contributed by atoms with E-state index in [1.54, 1.807) is 24.3 Å². The molecule has 0 unspecified atom stereocenters. The number of nitrogens with zero attached hydrogens (tertiary/aromatic N) is 3. The number of ether oxygens (including phenoxy) is 1. The molecule has 0 fully saturated rings. The molecule has 0 spiro atoms. The summed E-state index contributed by atoms with van der Waals surface area (Å²) < 4.78 is 5.57. The number of nitrogen functional groups attached to an aromatic ring is 1. The van der Waals surface area contributed by atoms with Crippen molar-refractivity contribution in [1.29, 1.82) is 0 Å². The van der Waals surface area contributed by atoms with Crippen LogP contribution in [0.3, 0.4) is 0 Å². The number of pyridine rings is 1. The molecule has 2 heterocycles. The van der Waals surface area contributed by atoms with Gasteiger partial charge in [0.2, 0.25) is 11.8 Å². The van der Waals surface area contributed by atoms with E-state index < -0.39 is 5.97 Å². The van der Waals surface area contributed by atoms with Crippen LogP contribution in [0.1, 0.15) is 10.5 Å². The lowest BCUT2D eigenvalue weighted by atomic mass is 10.1. The molecule has 0 aliphatic heterocycles. The molecule has 3 aromatic rings. The molecule has 2 aromatic heterocycles. The van der Waals surface area contributed by atoms with E-state index in [0.29, 0.717) is 16.5 Å². The van der Waals surface area contributed by atoms with Gasteiger partial charge in [0.05, 0.1) is 0 Å².